The number of rotatable bonds is 6. The van der Waals surface area contributed by atoms with Crippen molar-refractivity contribution < 1.29 is 22.7 Å². The topological polar surface area (TPSA) is 109 Å². The third kappa shape index (κ3) is 4.92. The van der Waals surface area contributed by atoms with E-state index in [0.717, 1.165) is 0 Å². The Kier molecular flexibility index (Phi) is 6.49. The smallest absolute Gasteiger partial charge is 0.265 e. The van der Waals surface area contributed by atoms with E-state index in [-0.39, 0.29) is 4.90 Å². The molecule has 2 aromatic rings. The zero-order valence-corrected chi connectivity index (χ0v) is 16.7. The van der Waals surface area contributed by atoms with Crippen LogP contribution in [0.5, 0.6) is 5.75 Å². The monoisotopic (exact) mass is 415 g/mol. The fourth-order valence-corrected chi connectivity index (χ4v) is 4.20. The summed E-state index contributed by atoms with van der Waals surface area (Å²) in [6.45, 7) is 2.96. The lowest BCUT2D eigenvalue weighted by Crippen LogP contribution is -2.40. The Morgan fingerprint density at radius 2 is 1.83 bits per heavy atom. The van der Waals surface area contributed by atoms with Gasteiger partial charge in [0.05, 0.1) is 23.7 Å². The van der Waals surface area contributed by atoms with Gasteiger partial charge in [0.1, 0.15) is 11.8 Å². The zero-order chi connectivity index (χ0) is 20.9. The summed E-state index contributed by atoms with van der Waals surface area (Å²) in [6, 6.07) is 14.6. The number of carbonyl (C=O) groups is 1. The van der Waals surface area contributed by atoms with E-state index in [2.05, 4.69) is 5.32 Å². The van der Waals surface area contributed by atoms with Gasteiger partial charge in [-0.1, -0.05) is 12.1 Å². The average molecular weight is 415 g/mol. The molecule has 1 aliphatic heterocycles. The van der Waals surface area contributed by atoms with Gasteiger partial charge in [0.2, 0.25) is 10.0 Å². The maximum Gasteiger partial charge on any atom is 0.265 e. The highest BCUT2D eigenvalue weighted by molar-refractivity contribution is 7.89. The molecule has 0 spiro atoms. The van der Waals surface area contributed by atoms with Crippen molar-refractivity contribution in [3.05, 3.63) is 54.1 Å². The molecule has 1 amide bonds. The lowest BCUT2D eigenvalue weighted by atomic mass is 10.2. The SMILES string of the molecule is CC(Oc1ccccc1C#N)C(=O)Nc1ccc(S(=O)(=O)N2CCOCC2)cc1. The molecule has 8 nitrogen and oxygen atoms in total. The Balaban J connectivity index is 1.64. The largest absolute Gasteiger partial charge is 0.480 e. The quantitative estimate of drug-likeness (QED) is 0.773. The van der Waals surface area contributed by atoms with Crippen LogP contribution in [0.2, 0.25) is 0 Å². The second-order valence-electron chi connectivity index (χ2n) is 6.40. The van der Waals surface area contributed by atoms with E-state index in [1.807, 2.05) is 6.07 Å². The first-order valence-corrected chi connectivity index (χ1v) is 10.5. The van der Waals surface area contributed by atoms with Crippen molar-refractivity contribution in [3.63, 3.8) is 0 Å². The van der Waals surface area contributed by atoms with Crippen molar-refractivity contribution in [1.29, 1.82) is 5.26 Å². The lowest BCUT2D eigenvalue weighted by Gasteiger charge is -2.26. The van der Waals surface area contributed by atoms with Crippen molar-refractivity contribution in [1.82, 2.24) is 4.31 Å². The summed E-state index contributed by atoms with van der Waals surface area (Å²) >= 11 is 0. The molecule has 9 heteroatoms. The number of benzene rings is 2. The number of sulfonamides is 1. The number of nitrogens with zero attached hydrogens (tertiary/aromatic N) is 2. The van der Waals surface area contributed by atoms with Crippen molar-refractivity contribution in [2.24, 2.45) is 0 Å². The summed E-state index contributed by atoms with van der Waals surface area (Å²) in [5, 5.41) is 11.8. The van der Waals surface area contributed by atoms with Crippen LogP contribution in [0.25, 0.3) is 0 Å². The zero-order valence-electron chi connectivity index (χ0n) is 15.9. The van der Waals surface area contributed by atoms with Gasteiger partial charge in [-0.15, -0.1) is 0 Å². The van der Waals surface area contributed by atoms with Gasteiger partial charge in [0.25, 0.3) is 5.91 Å². The van der Waals surface area contributed by atoms with E-state index < -0.39 is 22.0 Å². The Morgan fingerprint density at radius 3 is 2.48 bits per heavy atom. The van der Waals surface area contributed by atoms with Gasteiger partial charge in [-0.25, -0.2) is 8.42 Å². The standard InChI is InChI=1S/C20H21N3O5S/c1-15(28-19-5-3-2-4-16(19)14-21)20(24)22-17-6-8-18(9-7-17)29(25,26)23-10-12-27-13-11-23/h2-9,15H,10-13H2,1H3,(H,22,24). The third-order valence-corrected chi connectivity index (χ3v) is 6.32. The van der Waals surface area contributed by atoms with Gasteiger partial charge < -0.3 is 14.8 Å². The van der Waals surface area contributed by atoms with Crippen LogP contribution >= 0.6 is 0 Å². The van der Waals surface area contributed by atoms with Crippen LogP contribution in [0.1, 0.15) is 12.5 Å². The first-order chi connectivity index (χ1) is 13.9. The molecule has 1 saturated heterocycles. The number of hydrogen-bond acceptors (Lipinski definition) is 6. The molecule has 152 valence electrons. The Labute approximate surface area is 169 Å². The van der Waals surface area contributed by atoms with Gasteiger partial charge in [-0.2, -0.15) is 9.57 Å². The van der Waals surface area contributed by atoms with Crippen LogP contribution in [-0.2, 0) is 19.6 Å². The van der Waals surface area contributed by atoms with Crippen LogP contribution < -0.4 is 10.1 Å². The summed E-state index contributed by atoms with van der Waals surface area (Å²) in [5.41, 5.74) is 0.782. The summed E-state index contributed by atoms with van der Waals surface area (Å²) in [5.74, 6) is -0.0915. The molecule has 0 aliphatic carbocycles. The Hall–Kier alpha value is -2.93. The highest BCUT2D eigenvalue weighted by Crippen LogP contribution is 2.21. The molecule has 1 N–H and O–H groups in total. The maximum absolute atomic E-state index is 12.6. The molecule has 1 unspecified atom stereocenters. The van der Waals surface area contributed by atoms with E-state index >= 15 is 0 Å². The number of morpholine rings is 1. The van der Waals surface area contributed by atoms with Crippen LogP contribution in [0.15, 0.2) is 53.4 Å². The van der Waals surface area contributed by atoms with Crippen LogP contribution in [0.3, 0.4) is 0 Å². The molecule has 0 radical (unpaired) electrons. The second-order valence-corrected chi connectivity index (χ2v) is 8.34. The fraction of sp³-hybridized carbons (Fsp3) is 0.300. The molecular weight excluding hydrogens is 394 g/mol. The van der Waals surface area contributed by atoms with E-state index in [4.69, 9.17) is 14.7 Å². The highest BCUT2D eigenvalue weighted by atomic mass is 32.2. The molecule has 29 heavy (non-hydrogen) atoms. The number of para-hydroxylation sites is 1. The molecule has 3 rings (SSSR count). The molecule has 1 fully saturated rings. The van der Waals surface area contributed by atoms with E-state index in [1.54, 1.807) is 31.2 Å². The number of carbonyl (C=O) groups excluding carboxylic acids is 1. The maximum atomic E-state index is 12.6. The Morgan fingerprint density at radius 1 is 1.17 bits per heavy atom. The first kappa shape index (κ1) is 20.8. The minimum absolute atomic E-state index is 0.157. The van der Waals surface area contributed by atoms with Crippen molar-refractivity contribution in [3.8, 4) is 11.8 Å². The number of ether oxygens (including phenoxy) is 2. The fourth-order valence-electron chi connectivity index (χ4n) is 2.80. The molecule has 1 heterocycles. The Bertz CT molecular complexity index is 1010. The molecule has 1 aliphatic rings. The van der Waals surface area contributed by atoms with Crippen LogP contribution in [-0.4, -0.2) is 51.0 Å². The van der Waals surface area contributed by atoms with Gasteiger partial charge in [-0.3, -0.25) is 4.79 Å². The number of anilines is 1. The number of nitrogens with one attached hydrogen (secondary N) is 1. The lowest BCUT2D eigenvalue weighted by molar-refractivity contribution is -0.122. The number of nitriles is 1. The third-order valence-electron chi connectivity index (χ3n) is 4.41. The molecular formula is C20H21N3O5S. The first-order valence-electron chi connectivity index (χ1n) is 9.06. The van der Waals surface area contributed by atoms with Crippen LogP contribution in [0.4, 0.5) is 5.69 Å². The second kappa shape index (κ2) is 9.05. The molecule has 0 bridgehead atoms. The molecule has 0 saturated carbocycles. The van der Waals surface area contributed by atoms with Gasteiger partial charge in [0, 0.05) is 18.8 Å². The van der Waals surface area contributed by atoms with Crippen molar-refractivity contribution in [2.75, 3.05) is 31.6 Å². The van der Waals surface area contributed by atoms with E-state index in [9.17, 15) is 13.2 Å². The highest BCUT2D eigenvalue weighted by Gasteiger charge is 2.26. The predicted molar refractivity (Wildman–Crippen MR) is 106 cm³/mol. The predicted octanol–water partition coefficient (Wildman–Crippen LogP) is 1.99. The van der Waals surface area contributed by atoms with E-state index in [1.165, 1.54) is 28.6 Å². The normalized spacial score (nSPS) is 15.9. The summed E-state index contributed by atoms with van der Waals surface area (Å²) < 4.78 is 37.4. The molecule has 1 atom stereocenters. The summed E-state index contributed by atoms with van der Waals surface area (Å²) in [6.07, 6.45) is -0.846. The molecule has 0 aromatic heterocycles. The number of hydrogen-bond donors (Lipinski definition) is 1. The van der Waals surface area contributed by atoms with Gasteiger partial charge in [0.15, 0.2) is 6.10 Å². The number of amides is 1. The van der Waals surface area contributed by atoms with Crippen molar-refractivity contribution in [2.45, 2.75) is 17.9 Å². The van der Waals surface area contributed by atoms with E-state index in [0.29, 0.717) is 43.3 Å². The average Bonchev–Trinajstić information content (AvgIpc) is 2.75. The minimum atomic E-state index is -3.59. The molecule has 2 aromatic carbocycles. The summed E-state index contributed by atoms with van der Waals surface area (Å²) in [7, 11) is -3.59. The minimum Gasteiger partial charge on any atom is -0.480 e. The summed E-state index contributed by atoms with van der Waals surface area (Å²) in [4.78, 5) is 12.5. The van der Waals surface area contributed by atoms with Crippen molar-refractivity contribution >= 4 is 21.6 Å². The van der Waals surface area contributed by atoms with Gasteiger partial charge >= 0.3 is 0 Å². The van der Waals surface area contributed by atoms with Gasteiger partial charge in [-0.05, 0) is 43.3 Å². The van der Waals surface area contributed by atoms with Crippen LogP contribution in [0, 0.1) is 11.3 Å².